The number of rotatable bonds is 2. The van der Waals surface area contributed by atoms with Crippen LogP contribution in [0, 0.1) is 0 Å². The Morgan fingerprint density at radius 3 is 3.00 bits per heavy atom. The molecule has 1 aliphatic rings. The van der Waals surface area contributed by atoms with Gasteiger partial charge in [-0.3, -0.25) is 4.79 Å². The fraction of sp³-hybridized carbons (Fsp3) is 0.500. The number of hydrogen-bond donors (Lipinski definition) is 1. The number of nitrogens with two attached hydrogens (primary N) is 1. The highest BCUT2D eigenvalue weighted by Gasteiger charge is 2.27. The summed E-state index contributed by atoms with van der Waals surface area (Å²) in [7, 11) is 0. The van der Waals surface area contributed by atoms with Crippen molar-refractivity contribution in [2.24, 2.45) is 5.73 Å². The zero-order chi connectivity index (χ0) is 11.5. The Balaban J connectivity index is 2.26. The van der Waals surface area contributed by atoms with E-state index in [0.29, 0.717) is 11.0 Å². The molecule has 1 aromatic heterocycles. The van der Waals surface area contributed by atoms with Crippen LogP contribution in [0.15, 0.2) is 12.4 Å². The lowest BCUT2D eigenvalue weighted by Gasteiger charge is -2.34. The second kappa shape index (κ2) is 4.65. The molecule has 0 bridgehead atoms. The molecule has 2 N–H and O–H groups in total. The Morgan fingerprint density at radius 1 is 1.50 bits per heavy atom. The van der Waals surface area contributed by atoms with E-state index in [2.05, 4.69) is 9.97 Å². The number of piperidine rings is 1. The van der Waals surface area contributed by atoms with Crippen LogP contribution in [0.5, 0.6) is 0 Å². The highest BCUT2D eigenvalue weighted by molar-refractivity contribution is 6.29. The third-order valence-electron chi connectivity index (χ3n) is 2.74. The van der Waals surface area contributed by atoms with Crippen molar-refractivity contribution >= 4 is 23.3 Å². The van der Waals surface area contributed by atoms with Gasteiger partial charge in [-0.15, -0.1) is 0 Å². The quantitative estimate of drug-likeness (QED) is 0.782. The molecule has 1 atom stereocenters. The molecule has 16 heavy (non-hydrogen) atoms. The normalized spacial score (nSPS) is 20.8. The van der Waals surface area contributed by atoms with E-state index in [4.69, 9.17) is 17.3 Å². The number of carbonyl (C=O) groups is 1. The number of amides is 1. The van der Waals surface area contributed by atoms with Crippen molar-refractivity contribution < 1.29 is 4.79 Å². The molecule has 1 amide bonds. The number of aromatic nitrogens is 2. The van der Waals surface area contributed by atoms with Crippen LogP contribution in [0.2, 0.25) is 5.15 Å². The second-order valence-electron chi connectivity index (χ2n) is 3.81. The number of primary amides is 1. The fourth-order valence-corrected chi connectivity index (χ4v) is 2.12. The largest absolute Gasteiger partial charge is 0.368 e. The Morgan fingerprint density at radius 2 is 2.31 bits per heavy atom. The molecule has 1 aliphatic heterocycles. The van der Waals surface area contributed by atoms with Crippen molar-refractivity contribution in [2.45, 2.75) is 25.3 Å². The first-order valence-corrected chi connectivity index (χ1v) is 5.60. The van der Waals surface area contributed by atoms with Gasteiger partial charge in [-0.1, -0.05) is 11.6 Å². The van der Waals surface area contributed by atoms with Gasteiger partial charge in [0, 0.05) is 12.6 Å². The van der Waals surface area contributed by atoms with Crippen molar-refractivity contribution in [3.05, 3.63) is 17.5 Å². The smallest absolute Gasteiger partial charge is 0.240 e. The SMILES string of the molecule is NC(=O)C1CCCCN1c1cc(Cl)ncn1. The monoisotopic (exact) mass is 240 g/mol. The molecular weight excluding hydrogens is 228 g/mol. The van der Waals surface area contributed by atoms with E-state index in [1.165, 1.54) is 6.33 Å². The summed E-state index contributed by atoms with van der Waals surface area (Å²) >= 11 is 5.80. The minimum Gasteiger partial charge on any atom is -0.368 e. The Hall–Kier alpha value is -1.36. The van der Waals surface area contributed by atoms with Gasteiger partial charge in [0.05, 0.1) is 0 Å². The van der Waals surface area contributed by atoms with E-state index < -0.39 is 0 Å². The van der Waals surface area contributed by atoms with Crippen LogP contribution in [0.3, 0.4) is 0 Å². The number of carbonyl (C=O) groups excluding carboxylic acids is 1. The molecule has 2 heterocycles. The standard InChI is InChI=1S/C10H13ClN4O/c11-8-5-9(14-6-13-8)15-4-2-1-3-7(15)10(12)16/h5-7H,1-4H2,(H2,12,16). The highest BCUT2D eigenvalue weighted by atomic mass is 35.5. The summed E-state index contributed by atoms with van der Waals surface area (Å²) in [4.78, 5) is 21.2. The summed E-state index contributed by atoms with van der Waals surface area (Å²) < 4.78 is 0. The van der Waals surface area contributed by atoms with E-state index >= 15 is 0 Å². The zero-order valence-corrected chi connectivity index (χ0v) is 9.52. The third-order valence-corrected chi connectivity index (χ3v) is 2.95. The van der Waals surface area contributed by atoms with Gasteiger partial charge < -0.3 is 10.6 Å². The van der Waals surface area contributed by atoms with Gasteiger partial charge in [-0.05, 0) is 19.3 Å². The molecule has 6 heteroatoms. The van der Waals surface area contributed by atoms with E-state index in [9.17, 15) is 4.79 Å². The molecule has 0 saturated carbocycles. The molecule has 1 fully saturated rings. The van der Waals surface area contributed by atoms with Gasteiger partial charge in [-0.2, -0.15) is 0 Å². The van der Waals surface area contributed by atoms with Gasteiger partial charge >= 0.3 is 0 Å². The van der Waals surface area contributed by atoms with Crippen LogP contribution in [-0.2, 0) is 4.79 Å². The third kappa shape index (κ3) is 2.24. The van der Waals surface area contributed by atoms with Crippen LogP contribution in [0.4, 0.5) is 5.82 Å². The molecular formula is C10H13ClN4O. The number of halogens is 1. The molecule has 0 aromatic carbocycles. The summed E-state index contributed by atoms with van der Waals surface area (Å²) in [5.74, 6) is 0.359. The van der Waals surface area contributed by atoms with Crippen molar-refractivity contribution in [3.8, 4) is 0 Å². The molecule has 1 saturated heterocycles. The Kier molecular flexibility index (Phi) is 3.24. The van der Waals surface area contributed by atoms with Gasteiger partial charge in [-0.25, -0.2) is 9.97 Å². The molecule has 2 rings (SSSR count). The number of hydrogen-bond acceptors (Lipinski definition) is 4. The van der Waals surface area contributed by atoms with Crippen molar-refractivity contribution in [1.29, 1.82) is 0 Å². The van der Waals surface area contributed by atoms with E-state index in [0.717, 1.165) is 25.8 Å². The Labute approximate surface area is 98.6 Å². The first-order valence-electron chi connectivity index (χ1n) is 5.22. The average molecular weight is 241 g/mol. The van der Waals surface area contributed by atoms with Crippen LogP contribution in [0.1, 0.15) is 19.3 Å². The van der Waals surface area contributed by atoms with Gasteiger partial charge in [0.2, 0.25) is 5.91 Å². The summed E-state index contributed by atoms with van der Waals surface area (Å²) in [6.07, 6.45) is 4.22. The maximum atomic E-state index is 11.3. The van der Waals surface area contributed by atoms with Gasteiger partial charge in [0.15, 0.2) is 0 Å². The number of anilines is 1. The summed E-state index contributed by atoms with van der Waals surface area (Å²) in [5, 5.41) is 0.374. The fourth-order valence-electron chi connectivity index (χ4n) is 1.98. The summed E-state index contributed by atoms with van der Waals surface area (Å²) in [6, 6.07) is 1.38. The Bertz CT molecular complexity index is 398. The topological polar surface area (TPSA) is 72.1 Å². The minimum absolute atomic E-state index is 0.278. The van der Waals surface area contributed by atoms with E-state index in [1.54, 1.807) is 6.07 Å². The van der Waals surface area contributed by atoms with E-state index in [-0.39, 0.29) is 11.9 Å². The molecule has 0 spiro atoms. The van der Waals surface area contributed by atoms with Crippen molar-refractivity contribution in [1.82, 2.24) is 9.97 Å². The first kappa shape index (κ1) is 11.1. The molecule has 0 radical (unpaired) electrons. The predicted molar refractivity (Wildman–Crippen MR) is 61.2 cm³/mol. The average Bonchev–Trinajstić information content (AvgIpc) is 2.29. The van der Waals surface area contributed by atoms with Crippen molar-refractivity contribution in [2.75, 3.05) is 11.4 Å². The van der Waals surface area contributed by atoms with Crippen LogP contribution >= 0.6 is 11.6 Å². The van der Waals surface area contributed by atoms with Crippen LogP contribution < -0.4 is 10.6 Å². The molecule has 1 aromatic rings. The maximum absolute atomic E-state index is 11.3. The summed E-state index contributed by atoms with van der Waals surface area (Å²) in [6.45, 7) is 0.779. The minimum atomic E-state index is -0.311. The zero-order valence-electron chi connectivity index (χ0n) is 8.77. The van der Waals surface area contributed by atoms with E-state index in [1.807, 2.05) is 4.90 Å². The molecule has 0 aliphatic carbocycles. The molecule has 86 valence electrons. The maximum Gasteiger partial charge on any atom is 0.240 e. The van der Waals surface area contributed by atoms with Crippen LogP contribution in [0.25, 0.3) is 0 Å². The second-order valence-corrected chi connectivity index (χ2v) is 4.19. The first-order chi connectivity index (χ1) is 7.68. The number of nitrogens with zero attached hydrogens (tertiary/aromatic N) is 3. The van der Waals surface area contributed by atoms with Crippen LogP contribution in [-0.4, -0.2) is 28.5 Å². The van der Waals surface area contributed by atoms with Gasteiger partial charge in [0.25, 0.3) is 0 Å². The summed E-state index contributed by atoms with van der Waals surface area (Å²) in [5.41, 5.74) is 5.38. The highest BCUT2D eigenvalue weighted by Crippen LogP contribution is 2.23. The van der Waals surface area contributed by atoms with Gasteiger partial charge in [0.1, 0.15) is 23.3 Å². The lowest BCUT2D eigenvalue weighted by atomic mass is 10.0. The molecule has 1 unspecified atom stereocenters. The van der Waals surface area contributed by atoms with Crippen molar-refractivity contribution in [3.63, 3.8) is 0 Å². The predicted octanol–water partition coefficient (Wildman–Crippen LogP) is 0.974. The lowest BCUT2D eigenvalue weighted by molar-refractivity contribution is -0.119. The molecule has 5 nitrogen and oxygen atoms in total. The lowest BCUT2D eigenvalue weighted by Crippen LogP contribution is -2.48.